The summed E-state index contributed by atoms with van der Waals surface area (Å²) in [7, 11) is 0. The summed E-state index contributed by atoms with van der Waals surface area (Å²) in [5.41, 5.74) is 0.816. The van der Waals surface area contributed by atoms with E-state index in [0.29, 0.717) is 17.5 Å². The predicted molar refractivity (Wildman–Crippen MR) is 71.6 cm³/mol. The molecule has 0 unspecified atom stereocenters. The summed E-state index contributed by atoms with van der Waals surface area (Å²) in [5, 5.41) is 3.39. The average Bonchev–Trinajstić information content (AvgIpc) is 2.69. The molecule has 18 heavy (non-hydrogen) atoms. The molecule has 2 aromatic rings. The number of para-hydroxylation sites is 1. The van der Waals surface area contributed by atoms with Crippen LogP contribution in [0.1, 0.15) is 16.1 Å². The van der Waals surface area contributed by atoms with Crippen LogP contribution in [0.2, 0.25) is 0 Å². The van der Waals surface area contributed by atoms with Gasteiger partial charge >= 0.3 is 0 Å². The quantitative estimate of drug-likeness (QED) is 0.866. The third-order valence-corrected chi connectivity index (χ3v) is 3.33. The van der Waals surface area contributed by atoms with Crippen LogP contribution in [-0.4, -0.2) is 24.5 Å². The van der Waals surface area contributed by atoms with Crippen molar-refractivity contribution in [1.82, 2.24) is 5.32 Å². The second-order valence-electron chi connectivity index (χ2n) is 3.92. The molecule has 0 bridgehead atoms. The maximum absolute atomic E-state index is 13.5. The van der Waals surface area contributed by atoms with E-state index in [0.717, 1.165) is 5.75 Å². The van der Waals surface area contributed by atoms with Gasteiger partial charge in [0.15, 0.2) is 17.2 Å². The fourth-order valence-electron chi connectivity index (χ4n) is 1.77. The number of thioether (sulfide) groups is 1. The van der Waals surface area contributed by atoms with Crippen LogP contribution in [0, 0.1) is 12.7 Å². The molecule has 96 valence electrons. The van der Waals surface area contributed by atoms with Crippen LogP contribution in [0.3, 0.4) is 0 Å². The van der Waals surface area contributed by atoms with Crippen molar-refractivity contribution < 1.29 is 13.6 Å². The molecule has 0 saturated carbocycles. The average molecular weight is 267 g/mol. The van der Waals surface area contributed by atoms with Crippen LogP contribution in [0.25, 0.3) is 11.0 Å². The van der Waals surface area contributed by atoms with Gasteiger partial charge in [-0.05, 0) is 19.2 Å². The van der Waals surface area contributed by atoms with Crippen molar-refractivity contribution in [3.05, 3.63) is 35.3 Å². The Morgan fingerprint density at radius 2 is 2.28 bits per heavy atom. The molecule has 0 saturated heterocycles. The SMILES string of the molecule is CSCCNC(=O)c1oc2c(F)cccc2c1C. The van der Waals surface area contributed by atoms with Gasteiger partial charge in [-0.25, -0.2) is 4.39 Å². The van der Waals surface area contributed by atoms with E-state index in [1.807, 2.05) is 6.26 Å². The molecule has 0 aliphatic rings. The monoisotopic (exact) mass is 267 g/mol. The number of carbonyl (C=O) groups excluding carboxylic acids is 1. The fraction of sp³-hybridized carbons (Fsp3) is 0.308. The highest BCUT2D eigenvalue weighted by Crippen LogP contribution is 2.27. The van der Waals surface area contributed by atoms with Crippen LogP contribution in [0.4, 0.5) is 4.39 Å². The lowest BCUT2D eigenvalue weighted by Gasteiger charge is -2.01. The largest absolute Gasteiger partial charge is 0.448 e. The number of hydrogen-bond donors (Lipinski definition) is 1. The molecule has 3 nitrogen and oxygen atoms in total. The molecule has 1 amide bonds. The van der Waals surface area contributed by atoms with Crippen molar-refractivity contribution >= 4 is 28.6 Å². The first-order valence-electron chi connectivity index (χ1n) is 5.60. The lowest BCUT2D eigenvalue weighted by Crippen LogP contribution is -2.25. The smallest absolute Gasteiger partial charge is 0.287 e. The zero-order chi connectivity index (χ0) is 13.1. The fourth-order valence-corrected chi connectivity index (χ4v) is 2.08. The maximum Gasteiger partial charge on any atom is 0.287 e. The van der Waals surface area contributed by atoms with Crippen LogP contribution >= 0.6 is 11.8 Å². The zero-order valence-electron chi connectivity index (χ0n) is 10.2. The van der Waals surface area contributed by atoms with Gasteiger partial charge in [-0.1, -0.05) is 12.1 Å². The Bertz CT molecular complexity index is 580. The highest BCUT2D eigenvalue weighted by atomic mass is 32.2. The van der Waals surface area contributed by atoms with E-state index in [9.17, 15) is 9.18 Å². The molecule has 1 aromatic heterocycles. The summed E-state index contributed by atoms with van der Waals surface area (Å²) in [6.45, 7) is 2.33. The first-order valence-corrected chi connectivity index (χ1v) is 6.99. The summed E-state index contributed by atoms with van der Waals surface area (Å²) in [6.07, 6.45) is 1.97. The summed E-state index contributed by atoms with van der Waals surface area (Å²) in [5.74, 6) is 0.284. The Labute approximate surface area is 109 Å². The molecule has 0 aliphatic heterocycles. The topological polar surface area (TPSA) is 42.2 Å². The summed E-state index contributed by atoms with van der Waals surface area (Å²) >= 11 is 1.65. The van der Waals surface area contributed by atoms with Gasteiger partial charge in [-0.15, -0.1) is 0 Å². The molecular weight excluding hydrogens is 253 g/mol. The van der Waals surface area contributed by atoms with Gasteiger partial charge in [-0.3, -0.25) is 4.79 Å². The van der Waals surface area contributed by atoms with Gasteiger partial charge in [-0.2, -0.15) is 11.8 Å². The van der Waals surface area contributed by atoms with Crippen LogP contribution in [0.5, 0.6) is 0 Å². The number of amides is 1. The van der Waals surface area contributed by atoms with E-state index in [1.54, 1.807) is 30.8 Å². The number of benzene rings is 1. The molecule has 1 aromatic carbocycles. The van der Waals surface area contributed by atoms with Crippen molar-refractivity contribution in [3.63, 3.8) is 0 Å². The van der Waals surface area contributed by atoms with E-state index in [2.05, 4.69) is 5.32 Å². The van der Waals surface area contributed by atoms with Crippen molar-refractivity contribution in [2.24, 2.45) is 0 Å². The minimum Gasteiger partial charge on any atom is -0.448 e. The van der Waals surface area contributed by atoms with Crippen LogP contribution < -0.4 is 5.32 Å². The van der Waals surface area contributed by atoms with Gasteiger partial charge in [0.2, 0.25) is 0 Å². The normalized spacial score (nSPS) is 10.8. The minimum atomic E-state index is -0.446. The molecule has 0 spiro atoms. The van der Waals surface area contributed by atoms with Crippen molar-refractivity contribution in [1.29, 1.82) is 0 Å². The van der Waals surface area contributed by atoms with Gasteiger partial charge in [0.25, 0.3) is 5.91 Å². The molecule has 0 fully saturated rings. The Morgan fingerprint density at radius 1 is 1.50 bits per heavy atom. The third kappa shape index (κ3) is 2.36. The van der Waals surface area contributed by atoms with Gasteiger partial charge < -0.3 is 9.73 Å². The van der Waals surface area contributed by atoms with E-state index in [1.165, 1.54) is 6.07 Å². The van der Waals surface area contributed by atoms with Gasteiger partial charge in [0.05, 0.1) is 0 Å². The Morgan fingerprint density at radius 3 is 2.94 bits per heavy atom. The Hall–Kier alpha value is -1.49. The third-order valence-electron chi connectivity index (χ3n) is 2.71. The molecular formula is C13H14FNO2S. The summed E-state index contributed by atoms with van der Waals surface area (Å²) in [4.78, 5) is 11.9. The molecule has 1 heterocycles. The highest BCUT2D eigenvalue weighted by molar-refractivity contribution is 7.98. The van der Waals surface area contributed by atoms with E-state index < -0.39 is 5.82 Å². The molecule has 2 rings (SSSR count). The van der Waals surface area contributed by atoms with Crippen LogP contribution in [0.15, 0.2) is 22.6 Å². The number of halogens is 1. The molecule has 0 aliphatic carbocycles. The number of carbonyl (C=O) groups is 1. The number of furan rings is 1. The molecule has 0 radical (unpaired) electrons. The second kappa shape index (κ2) is 5.44. The standard InChI is InChI=1S/C13H14FNO2S/c1-8-9-4-3-5-10(14)12(9)17-11(8)13(16)15-6-7-18-2/h3-5H,6-7H2,1-2H3,(H,15,16). The number of rotatable bonds is 4. The predicted octanol–water partition coefficient (Wildman–Crippen LogP) is 2.97. The summed E-state index contributed by atoms with van der Waals surface area (Å²) in [6, 6.07) is 4.67. The van der Waals surface area contributed by atoms with Crippen molar-refractivity contribution in [2.75, 3.05) is 18.6 Å². The molecule has 0 atom stereocenters. The van der Waals surface area contributed by atoms with Crippen molar-refractivity contribution in [3.8, 4) is 0 Å². The van der Waals surface area contributed by atoms with Gasteiger partial charge in [0.1, 0.15) is 0 Å². The Kier molecular flexibility index (Phi) is 3.91. The highest BCUT2D eigenvalue weighted by Gasteiger charge is 2.18. The minimum absolute atomic E-state index is 0.144. The zero-order valence-corrected chi connectivity index (χ0v) is 11.1. The molecule has 5 heteroatoms. The summed E-state index contributed by atoms with van der Waals surface area (Å²) < 4.78 is 18.8. The number of hydrogen-bond acceptors (Lipinski definition) is 3. The number of fused-ring (bicyclic) bond motifs is 1. The van der Waals surface area contributed by atoms with E-state index in [4.69, 9.17) is 4.42 Å². The maximum atomic E-state index is 13.5. The van der Waals surface area contributed by atoms with Crippen molar-refractivity contribution in [2.45, 2.75) is 6.92 Å². The first-order chi connectivity index (χ1) is 8.65. The van der Waals surface area contributed by atoms with E-state index in [-0.39, 0.29) is 17.3 Å². The second-order valence-corrected chi connectivity index (χ2v) is 4.91. The molecule has 1 N–H and O–H groups in total. The van der Waals surface area contributed by atoms with Gasteiger partial charge in [0, 0.05) is 23.2 Å². The number of nitrogens with one attached hydrogen (secondary N) is 1. The lowest BCUT2D eigenvalue weighted by molar-refractivity contribution is 0.0929. The lowest BCUT2D eigenvalue weighted by atomic mass is 10.1. The van der Waals surface area contributed by atoms with E-state index >= 15 is 0 Å². The Balaban J connectivity index is 2.31. The number of aryl methyl sites for hydroxylation is 1. The first kappa shape index (κ1) is 13.0. The van der Waals surface area contributed by atoms with Crippen LogP contribution in [-0.2, 0) is 0 Å².